The third-order valence-corrected chi connectivity index (χ3v) is 3.91. The number of carbonyl (C=O) groups excluding carboxylic acids is 1. The Balaban J connectivity index is 1.77. The van der Waals surface area contributed by atoms with E-state index in [1.54, 1.807) is 7.11 Å². The van der Waals surface area contributed by atoms with E-state index < -0.39 is 0 Å². The molecule has 0 spiro atoms. The largest absolute Gasteiger partial charge is 0.382 e. The van der Waals surface area contributed by atoms with Crippen molar-refractivity contribution in [1.29, 1.82) is 0 Å². The molecule has 1 saturated heterocycles. The van der Waals surface area contributed by atoms with Gasteiger partial charge in [-0.25, -0.2) is 0 Å². The lowest BCUT2D eigenvalue weighted by molar-refractivity contribution is -0.143. The van der Waals surface area contributed by atoms with Crippen LogP contribution in [0.2, 0.25) is 0 Å². The van der Waals surface area contributed by atoms with E-state index in [-0.39, 0.29) is 17.6 Å². The number of methoxy groups -OCH3 is 1. The molecule has 6 nitrogen and oxygen atoms in total. The maximum Gasteiger partial charge on any atom is 0.259 e. The molecule has 1 atom stereocenters. The molecule has 1 saturated carbocycles. The minimum Gasteiger partial charge on any atom is -0.382 e. The van der Waals surface area contributed by atoms with Gasteiger partial charge in [-0.1, -0.05) is 5.16 Å². The molecule has 1 aromatic rings. The van der Waals surface area contributed by atoms with E-state index in [0.717, 1.165) is 18.5 Å². The lowest BCUT2D eigenvalue weighted by Crippen LogP contribution is -2.55. The highest BCUT2D eigenvalue weighted by atomic mass is 16.5. The number of hydrogen-bond donors (Lipinski definition) is 0. The summed E-state index contributed by atoms with van der Waals surface area (Å²) >= 11 is 0. The average Bonchev–Trinajstić information content (AvgIpc) is 3.14. The van der Waals surface area contributed by atoms with Crippen LogP contribution in [0.4, 0.5) is 0 Å². The Morgan fingerprint density at radius 1 is 1.52 bits per heavy atom. The van der Waals surface area contributed by atoms with E-state index in [2.05, 4.69) is 5.16 Å². The minimum absolute atomic E-state index is 0.0179. The van der Waals surface area contributed by atoms with Crippen LogP contribution in [0.3, 0.4) is 0 Å². The van der Waals surface area contributed by atoms with Gasteiger partial charge in [0, 0.05) is 26.1 Å². The van der Waals surface area contributed by atoms with E-state index in [9.17, 15) is 4.79 Å². The van der Waals surface area contributed by atoms with Crippen molar-refractivity contribution in [1.82, 2.24) is 10.1 Å². The molecule has 1 aliphatic carbocycles. The Morgan fingerprint density at radius 3 is 2.95 bits per heavy atom. The third-order valence-electron chi connectivity index (χ3n) is 3.91. The maximum atomic E-state index is 12.8. The van der Waals surface area contributed by atoms with Crippen molar-refractivity contribution in [3.8, 4) is 0 Å². The fourth-order valence-corrected chi connectivity index (χ4v) is 2.95. The van der Waals surface area contributed by atoms with Gasteiger partial charge in [0.1, 0.15) is 11.8 Å². The Morgan fingerprint density at radius 2 is 2.29 bits per heavy atom. The molecular formula is C15H22N2O4. The summed E-state index contributed by atoms with van der Waals surface area (Å²) in [6, 6.07) is 0. The summed E-state index contributed by atoms with van der Waals surface area (Å²) in [5.74, 6) is 0.377. The van der Waals surface area contributed by atoms with E-state index >= 15 is 0 Å². The van der Waals surface area contributed by atoms with E-state index in [4.69, 9.17) is 14.0 Å². The van der Waals surface area contributed by atoms with E-state index in [0.29, 0.717) is 31.2 Å². The summed E-state index contributed by atoms with van der Waals surface area (Å²) in [6.45, 7) is 5.55. The zero-order valence-electron chi connectivity index (χ0n) is 12.8. The Kier molecular flexibility index (Phi) is 3.75. The normalized spacial score (nSPS) is 25.1. The monoisotopic (exact) mass is 294 g/mol. The number of rotatable bonds is 4. The fraction of sp³-hybridized carbons (Fsp3) is 0.733. The molecular weight excluding hydrogens is 272 g/mol. The number of ether oxygens (including phenoxy) is 2. The lowest BCUT2D eigenvalue weighted by atomic mass is 10.0. The minimum atomic E-state index is -0.381. The van der Waals surface area contributed by atoms with E-state index in [1.807, 2.05) is 18.7 Å². The molecule has 6 heteroatoms. The molecule has 0 bridgehead atoms. The second kappa shape index (κ2) is 5.42. The third kappa shape index (κ3) is 3.11. The van der Waals surface area contributed by atoms with Gasteiger partial charge in [-0.2, -0.15) is 0 Å². The first-order valence-corrected chi connectivity index (χ1v) is 7.40. The second-order valence-corrected chi connectivity index (χ2v) is 6.53. The van der Waals surface area contributed by atoms with Gasteiger partial charge in [-0.15, -0.1) is 0 Å². The number of hydrogen-bond acceptors (Lipinski definition) is 5. The zero-order valence-corrected chi connectivity index (χ0v) is 12.8. The van der Waals surface area contributed by atoms with Crippen LogP contribution in [0.5, 0.6) is 0 Å². The first-order valence-electron chi connectivity index (χ1n) is 7.40. The van der Waals surface area contributed by atoms with Crippen LogP contribution >= 0.6 is 0 Å². The molecule has 116 valence electrons. The average molecular weight is 294 g/mol. The number of morpholine rings is 1. The van der Waals surface area contributed by atoms with Crippen molar-refractivity contribution in [3.05, 3.63) is 17.5 Å². The van der Waals surface area contributed by atoms with Crippen LogP contribution in [0, 0.1) is 0 Å². The summed E-state index contributed by atoms with van der Waals surface area (Å²) in [5, 5.41) is 4.01. The Bertz CT molecular complexity index is 521. The smallest absolute Gasteiger partial charge is 0.259 e. The van der Waals surface area contributed by atoms with Crippen LogP contribution in [-0.2, 0) is 9.47 Å². The lowest BCUT2D eigenvalue weighted by Gasteiger charge is -2.42. The topological polar surface area (TPSA) is 64.8 Å². The summed E-state index contributed by atoms with van der Waals surface area (Å²) in [6.07, 6.45) is 3.55. The number of aromatic nitrogens is 1. The molecule has 2 heterocycles. The van der Waals surface area contributed by atoms with Gasteiger partial charge in [0.15, 0.2) is 0 Å². The molecule has 1 aliphatic heterocycles. The Hall–Kier alpha value is -1.40. The predicted molar refractivity (Wildman–Crippen MR) is 75.2 cm³/mol. The van der Waals surface area contributed by atoms with E-state index in [1.165, 1.54) is 6.26 Å². The summed E-state index contributed by atoms with van der Waals surface area (Å²) in [4.78, 5) is 14.6. The molecule has 0 unspecified atom stereocenters. The highest BCUT2D eigenvalue weighted by Gasteiger charge is 2.39. The summed E-state index contributed by atoms with van der Waals surface area (Å²) in [7, 11) is 1.64. The second-order valence-electron chi connectivity index (χ2n) is 6.53. The molecule has 1 aromatic heterocycles. The van der Waals surface area contributed by atoms with Crippen molar-refractivity contribution in [2.75, 3.05) is 26.8 Å². The molecule has 1 amide bonds. The quantitative estimate of drug-likeness (QED) is 0.847. The Labute approximate surface area is 124 Å². The standard InChI is InChI=1S/C15H22N2O4/c1-15(2)9-17(6-11(21-15)7-19-3)14(18)12-8-20-16-13(12)10-4-5-10/h8,10-11H,4-7,9H2,1-3H3/t11-/m0/s1. The molecule has 3 rings (SSSR count). The van der Waals surface area contributed by atoms with Gasteiger partial charge >= 0.3 is 0 Å². The number of carbonyl (C=O) groups is 1. The van der Waals surface area contributed by atoms with Crippen LogP contribution in [0.1, 0.15) is 48.7 Å². The predicted octanol–water partition coefficient (Wildman–Crippen LogP) is 1.82. The van der Waals surface area contributed by atoms with Gasteiger partial charge < -0.3 is 18.9 Å². The fourth-order valence-electron chi connectivity index (χ4n) is 2.95. The number of nitrogens with zero attached hydrogens (tertiary/aromatic N) is 2. The molecule has 0 aromatic carbocycles. The zero-order chi connectivity index (χ0) is 15.0. The van der Waals surface area contributed by atoms with Crippen LogP contribution in [0.25, 0.3) is 0 Å². The van der Waals surface area contributed by atoms with Gasteiger partial charge in [0.2, 0.25) is 0 Å². The van der Waals surface area contributed by atoms with Crippen molar-refractivity contribution in [3.63, 3.8) is 0 Å². The van der Waals surface area contributed by atoms with Crippen molar-refractivity contribution in [2.24, 2.45) is 0 Å². The molecule has 2 aliphatic rings. The van der Waals surface area contributed by atoms with Crippen molar-refractivity contribution >= 4 is 5.91 Å². The highest BCUT2D eigenvalue weighted by Crippen LogP contribution is 2.41. The summed E-state index contributed by atoms with van der Waals surface area (Å²) in [5.41, 5.74) is 1.03. The van der Waals surface area contributed by atoms with Gasteiger partial charge in [-0.05, 0) is 26.7 Å². The van der Waals surface area contributed by atoms with Crippen LogP contribution < -0.4 is 0 Å². The van der Waals surface area contributed by atoms with Gasteiger partial charge in [0.25, 0.3) is 5.91 Å². The number of amides is 1. The molecule has 0 N–H and O–H groups in total. The van der Waals surface area contributed by atoms with Gasteiger partial charge in [0.05, 0.1) is 24.0 Å². The molecule has 21 heavy (non-hydrogen) atoms. The summed E-state index contributed by atoms with van der Waals surface area (Å²) < 4.78 is 16.1. The van der Waals surface area contributed by atoms with Crippen LogP contribution in [-0.4, -0.2) is 54.5 Å². The maximum absolute atomic E-state index is 12.8. The SMILES string of the molecule is COC[C@@H]1CN(C(=O)c2conc2C2CC2)CC(C)(C)O1. The van der Waals surface area contributed by atoms with Gasteiger partial charge in [-0.3, -0.25) is 4.79 Å². The van der Waals surface area contributed by atoms with Crippen LogP contribution in [0.15, 0.2) is 10.8 Å². The van der Waals surface area contributed by atoms with Crippen molar-refractivity contribution in [2.45, 2.75) is 44.3 Å². The first-order chi connectivity index (χ1) is 10.00. The molecule has 2 fully saturated rings. The molecule has 0 radical (unpaired) electrons. The van der Waals surface area contributed by atoms with Crippen molar-refractivity contribution < 1.29 is 18.8 Å². The first kappa shape index (κ1) is 14.5. The highest BCUT2D eigenvalue weighted by molar-refractivity contribution is 5.95.